The SMILES string of the molecule is Cc1c(NC(=O)[C@H]2CCN[C@@H](C)C2)cccc1N(C)C. The number of piperidine rings is 1. The maximum atomic E-state index is 12.4. The third-order valence-electron chi connectivity index (χ3n) is 4.04. The van der Waals surface area contributed by atoms with Crippen LogP contribution >= 0.6 is 0 Å². The zero-order chi connectivity index (χ0) is 14.7. The van der Waals surface area contributed by atoms with Crippen molar-refractivity contribution in [3.8, 4) is 0 Å². The number of carbonyl (C=O) groups is 1. The van der Waals surface area contributed by atoms with Crippen LogP contribution in [0.5, 0.6) is 0 Å². The Morgan fingerprint density at radius 1 is 1.40 bits per heavy atom. The standard InChI is InChI=1S/C16H25N3O/c1-11-10-13(8-9-17-11)16(20)18-14-6-5-7-15(12(14)2)19(3)4/h5-7,11,13,17H,8-10H2,1-4H3,(H,18,20)/t11-,13-/m0/s1. The molecule has 4 heteroatoms. The molecule has 1 amide bonds. The molecule has 1 fully saturated rings. The Hall–Kier alpha value is -1.55. The van der Waals surface area contributed by atoms with E-state index in [1.165, 1.54) is 0 Å². The quantitative estimate of drug-likeness (QED) is 0.890. The lowest BCUT2D eigenvalue weighted by atomic mass is 9.92. The minimum atomic E-state index is 0.119. The predicted octanol–water partition coefficient (Wildman–Crippen LogP) is 2.39. The molecule has 1 saturated heterocycles. The molecule has 2 atom stereocenters. The van der Waals surface area contributed by atoms with Crippen LogP contribution in [0.1, 0.15) is 25.3 Å². The van der Waals surface area contributed by atoms with Gasteiger partial charge in [0.2, 0.25) is 5.91 Å². The second-order valence-electron chi connectivity index (χ2n) is 5.91. The molecule has 1 aliphatic heterocycles. The fourth-order valence-corrected chi connectivity index (χ4v) is 2.85. The van der Waals surface area contributed by atoms with Crippen molar-refractivity contribution >= 4 is 17.3 Å². The first-order chi connectivity index (χ1) is 9.49. The molecule has 1 heterocycles. The third-order valence-corrected chi connectivity index (χ3v) is 4.04. The molecule has 110 valence electrons. The van der Waals surface area contributed by atoms with Crippen LogP contribution in [0.3, 0.4) is 0 Å². The molecule has 2 N–H and O–H groups in total. The van der Waals surface area contributed by atoms with Crippen molar-refractivity contribution in [1.82, 2.24) is 5.32 Å². The van der Waals surface area contributed by atoms with E-state index in [2.05, 4.69) is 35.4 Å². The molecule has 0 unspecified atom stereocenters. The van der Waals surface area contributed by atoms with Gasteiger partial charge in [0.25, 0.3) is 0 Å². The molecule has 0 saturated carbocycles. The second-order valence-corrected chi connectivity index (χ2v) is 5.91. The summed E-state index contributed by atoms with van der Waals surface area (Å²) in [4.78, 5) is 14.5. The summed E-state index contributed by atoms with van der Waals surface area (Å²) in [6, 6.07) is 6.46. The molecule has 2 rings (SSSR count). The Morgan fingerprint density at radius 3 is 2.80 bits per heavy atom. The van der Waals surface area contributed by atoms with Gasteiger partial charge < -0.3 is 15.5 Å². The Bertz CT molecular complexity index is 485. The van der Waals surface area contributed by atoms with Gasteiger partial charge in [-0.1, -0.05) is 6.07 Å². The van der Waals surface area contributed by atoms with Crippen LogP contribution in [0.25, 0.3) is 0 Å². The van der Waals surface area contributed by atoms with Crippen molar-refractivity contribution in [3.05, 3.63) is 23.8 Å². The van der Waals surface area contributed by atoms with Crippen molar-refractivity contribution in [2.75, 3.05) is 30.9 Å². The fraction of sp³-hybridized carbons (Fsp3) is 0.562. The maximum absolute atomic E-state index is 12.4. The average molecular weight is 275 g/mol. The number of amides is 1. The number of rotatable bonds is 3. The van der Waals surface area contributed by atoms with Gasteiger partial charge in [0.1, 0.15) is 0 Å². The Morgan fingerprint density at radius 2 is 2.15 bits per heavy atom. The molecule has 4 nitrogen and oxygen atoms in total. The minimum absolute atomic E-state index is 0.119. The van der Waals surface area contributed by atoms with Crippen LogP contribution in [0, 0.1) is 12.8 Å². The highest BCUT2D eigenvalue weighted by molar-refractivity contribution is 5.94. The van der Waals surface area contributed by atoms with Crippen LogP contribution in [0.4, 0.5) is 11.4 Å². The van der Waals surface area contributed by atoms with E-state index in [4.69, 9.17) is 0 Å². The molecular formula is C16H25N3O. The Kier molecular flexibility index (Phi) is 4.65. The van der Waals surface area contributed by atoms with E-state index < -0.39 is 0 Å². The monoisotopic (exact) mass is 275 g/mol. The largest absolute Gasteiger partial charge is 0.377 e. The van der Waals surface area contributed by atoms with Gasteiger partial charge in [0, 0.05) is 37.4 Å². The van der Waals surface area contributed by atoms with Crippen LogP contribution in [-0.2, 0) is 4.79 Å². The first kappa shape index (κ1) is 14.9. The van der Waals surface area contributed by atoms with Crippen LogP contribution < -0.4 is 15.5 Å². The van der Waals surface area contributed by atoms with E-state index in [0.717, 1.165) is 36.3 Å². The molecular weight excluding hydrogens is 250 g/mol. The normalized spacial score (nSPS) is 22.4. The summed E-state index contributed by atoms with van der Waals surface area (Å²) in [7, 11) is 4.03. The smallest absolute Gasteiger partial charge is 0.227 e. The van der Waals surface area contributed by atoms with E-state index >= 15 is 0 Å². The van der Waals surface area contributed by atoms with Gasteiger partial charge in [-0.25, -0.2) is 0 Å². The number of hydrogen-bond donors (Lipinski definition) is 2. The van der Waals surface area contributed by atoms with Crippen molar-refractivity contribution in [2.45, 2.75) is 32.7 Å². The summed E-state index contributed by atoms with van der Waals surface area (Å²) < 4.78 is 0. The summed E-state index contributed by atoms with van der Waals surface area (Å²) in [5.74, 6) is 0.269. The molecule has 1 aliphatic rings. The summed E-state index contributed by atoms with van der Waals surface area (Å²) in [5.41, 5.74) is 3.18. The molecule has 1 aromatic rings. The van der Waals surface area contributed by atoms with Gasteiger partial charge in [-0.2, -0.15) is 0 Å². The van der Waals surface area contributed by atoms with E-state index in [-0.39, 0.29) is 11.8 Å². The number of nitrogens with zero attached hydrogens (tertiary/aromatic N) is 1. The number of benzene rings is 1. The van der Waals surface area contributed by atoms with Crippen molar-refractivity contribution in [2.24, 2.45) is 5.92 Å². The highest BCUT2D eigenvalue weighted by Crippen LogP contribution is 2.26. The van der Waals surface area contributed by atoms with E-state index in [1.54, 1.807) is 0 Å². The molecule has 0 aromatic heterocycles. The first-order valence-electron chi connectivity index (χ1n) is 7.30. The minimum Gasteiger partial charge on any atom is -0.377 e. The summed E-state index contributed by atoms with van der Waals surface area (Å²) in [5, 5.41) is 6.48. The second kappa shape index (κ2) is 6.27. The van der Waals surface area contributed by atoms with Crippen molar-refractivity contribution in [1.29, 1.82) is 0 Å². The lowest BCUT2D eigenvalue weighted by molar-refractivity contribution is -0.120. The van der Waals surface area contributed by atoms with Gasteiger partial charge in [-0.05, 0) is 50.9 Å². The molecule has 0 aliphatic carbocycles. The fourth-order valence-electron chi connectivity index (χ4n) is 2.85. The van der Waals surface area contributed by atoms with Gasteiger partial charge in [0.15, 0.2) is 0 Å². The maximum Gasteiger partial charge on any atom is 0.227 e. The van der Waals surface area contributed by atoms with Gasteiger partial charge in [0.05, 0.1) is 0 Å². The summed E-state index contributed by atoms with van der Waals surface area (Å²) in [6.45, 7) is 5.11. The highest BCUT2D eigenvalue weighted by atomic mass is 16.1. The van der Waals surface area contributed by atoms with E-state index in [0.29, 0.717) is 6.04 Å². The number of carbonyl (C=O) groups excluding carboxylic acids is 1. The highest BCUT2D eigenvalue weighted by Gasteiger charge is 2.25. The lowest BCUT2D eigenvalue weighted by Gasteiger charge is -2.27. The Labute approximate surface area is 121 Å². The summed E-state index contributed by atoms with van der Waals surface area (Å²) >= 11 is 0. The molecule has 0 radical (unpaired) electrons. The lowest BCUT2D eigenvalue weighted by Crippen LogP contribution is -2.40. The number of nitrogens with one attached hydrogen (secondary N) is 2. The van der Waals surface area contributed by atoms with E-state index in [9.17, 15) is 4.79 Å². The summed E-state index contributed by atoms with van der Waals surface area (Å²) in [6.07, 6.45) is 1.83. The van der Waals surface area contributed by atoms with Crippen LogP contribution in [0.15, 0.2) is 18.2 Å². The molecule has 20 heavy (non-hydrogen) atoms. The van der Waals surface area contributed by atoms with E-state index in [1.807, 2.05) is 26.2 Å². The molecule has 1 aromatic carbocycles. The predicted molar refractivity (Wildman–Crippen MR) is 84.3 cm³/mol. The number of hydrogen-bond acceptors (Lipinski definition) is 3. The third kappa shape index (κ3) is 3.31. The first-order valence-corrected chi connectivity index (χ1v) is 7.30. The zero-order valence-corrected chi connectivity index (χ0v) is 12.9. The van der Waals surface area contributed by atoms with Gasteiger partial charge in [-0.15, -0.1) is 0 Å². The Balaban J connectivity index is 2.10. The average Bonchev–Trinajstić information content (AvgIpc) is 2.40. The topological polar surface area (TPSA) is 44.4 Å². The van der Waals surface area contributed by atoms with Crippen molar-refractivity contribution < 1.29 is 4.79 Å². The molecule has 0 spiro atoms. The van der Waals surface area contributed by atoms with Crippen molar-refractivity contribution in [3.63, 3.8) is 0 Å². The zero-order valence-electron chi connectivity index (χ0n) is 12.9. The number of anilines is 2. The van der Waals surface area contributed by atoms with Crippen LogP contribution in [0.2, 0.25) is 0 Å². The van der Waals surface area contributed by atoms with Gasteiger partial charge >= 0.3 is 0 Å². The van der Waals surface area contributed by atoms with Gasteiger partial charge in [-0.3, -0.25) is 4.79 Å². The van der Waals surface area contributed by atoms with Crippen LogP contribution in [-0.4, -0.2) is 32.6 Å². The molecule has 0 bridgehead atoms.